The third-order valence-electron chi connectivity index (χ3n) is 5.00. The fourth-order valence-electron chi connectivity index (χ4n) is 3.23. The molecule has 1 saturated heterocycles. The van der Waals surface area contributed by atoms with Crippen molar-refractivity contribution in [1.29, 1.82) is 0 Å². The number of nitrogens with zero attached hydrogens (tertiary/aromatic N) is 2. The van der Waals surface area contributed by atoms with Crippen LogP contribution in [-0.4, -0.2) is 59.4 Å². The number of carbonyl (C=O) groups is 3. The molecular formula is C19H25ClN2O4. The maximum atomic E-state index is 12.9. The van der Waals surface area contributed by atoms with E-state index in [9.17, 15) is 14.4 Å². The smallest absolute Gasteiger partial charge is 0.306 e. The average Bonchev–Trinajstić information content (AvgIpc) is 2.60. The Balaban J connectivity index is 1.98. The van der Waals surface area contributed by atoms with Crippen LogP contribution in [0.1, 0.15) is 32.3 Å². The SMILES string of the molecule is CN(CC(=O)N1CCC(C(=O)O)CC1)C(=O)C(C)(C)c1cccc(Cl)c1. The van der Waals surface area contributed by atoms with Gasteiger partial charge in [-0.2, -0.15) is 0 Å². The van der Waals surface area contributed by atoms with Crippen molar-refractivity contribution in [2.45, 2.75) is 32.1 Å². The Morgan fingerprint density at radius 1 is 1.27 bits per heavy atom. The molecule has 0 aliphatic carbocycles. The number of carboxylic acid groups (broad SMARTS) is 1. The molecule has 142 valence electrons. The fraction of sp³-hybridized carbons (Fsp3) is 0.526. The van der Waals surface area contributed by atoms with Crippen molar-refractivity contribution in [2.75, 3.05) is 26.7 Å². The van der Waals surface area contributed by atoms with E-state index in [1.54, 1.807) is 44.0 Å². The lowest BCUT2D eigenvalue weighted by Crippen LogP contribution is -2.48. The Bertz CT molecular complexity index is 697. The molecule has 1 aromatic rings. The first kappa shape index (κ1) is 20.2. The molecule has 1 N–H and O–H groups in total. The van der Waals surface area contributed by atoms with E-state index in [1.165, 1.54) is 4.90 Å². The van der Waals surface area contributed by atoms with Gasteiger partial charge in [0, 0.05) is 25.2 Å². The number of carbonyl (C=O) groups excluding carboxylic acids is 2. The van der Waals surface area contributed by atoms with Crippen molar-refractivity contribution in [3.8, 4) is 0 Å². The molecule has 0 aromatic heterocycles. The molecule has 0 saturated carbocycles. The van der Waals surface area contributed by atoms with Crippen LogP contribution in [0.25, 0.3) is 0 Å². The number of piperidine rings is 1. The summed E-state index contributed by atoms with van der Waals surface area (Å²) in [5, 5.41) is 9.59. The second kappa shape index (κ2) is 8.08. The largest absolute Gasteiger partial charge is 0.481 e. The Morgan fingerprint density at radius 3 is 2.42 bits per heavy atom. The second-order valence-corrected chi connectivity index (χ2v) is 7.73. The van der Waals surface area contributed by atoms with Gasteiger partial charge < -0.3 is 14.9 Å². The molecule has 6 nitrogen and oxygen atoms in total. The Hall–Kier alpha value is -2.08. The zero-order valence-corrected chi connectivity index (χ0v) is 16.1. The molecule has 0 atom stereocenters. The van der Waals surface area contributed by atoms with E-state index in [2.05, 4.69) is 0 Å². The zero-order chi connectivity index (χ0) is 19.5. The summed E-state index contributed by atoms with van der Waals surface area (Å²) in [7, 11) is 1.61. The number of carboxylic acids is 1. The minimum atomic E-state index is -0.812. The number of hydrogen-bond acceptors (Lipinski definition) is 3. The van der Waals surface area contributed by atoms with Gasteiger partial charge in [0.05, 0.1) is 17.9 Å². The molecule has 0 bridgehead atoms. The fourth-order valence-corrected chi connectivity index (χ4v) is 3.42. The predicted molar refractivity (Wildman–Crippen MR) is 99.1 cm³/mol. The van der Waals surface area contributed by atoms with Gasteiger partial charge in [0.2, 0.25) is 11.8 Å². The van der Waals surface area contributed by atoms with E-state index in [1.807, 2.05) is 6.07 Å². The minimum absolute atomic E-state index is 0.0272. The van der Waals surface area contributed by atoms with E-state index in [0.29, 0.717) is 31.0 Å². The van der Waals surface area contributed by atoms with E-state index >= 15 is 0 Å². The normalized spacial score (nSPS) is 15.6. The summed E-state index contributed by atoms with van der Waals surface area (Å²) in [5.74, 6) is -1.53. The van der Waals surface area contributed by atoms with Crippen molar-refractivity contribution >= 4 is 29.4 Å². The van der Waals surface area contributed by atoms with Crippen LogP contribution in [0.3, 0.4) is 0 Å². The Kier molecular flexibility index (Phi) is 6.29. The number of rotatable bonds is 5. The van der Waals surface area contributed by atoms with E-state index in [-0.39, 0.29) is 24.3 Å². The second-order valence-electron chi connectivity index (χ2n) is 7.29. The van der Waals surface area contributed by atoms with Crippen LogP contribution in [-0.2, 0) is 19.8 Å². The van der Waals surface area contributed by atoms with Crippen molar-refractivity contribution < 1.29 is 19.5 Å². The molecular weight excluding hydrogens is 356 g/mol. The number of likely N-dealkylation sites (N-methyl/N-ethyl adjacent to an activating group) is 1. The molecule has 1 heterocycles. The molecule has 0 spiro atoms. The third kappa shape index (κ3) is 4.55. The lowest BCUT2D eigenvalue weighted by Gasteiger charge is -2.33. The topological polar surface area (TPSA) is 77.9 Å². The molecule has 1 aliphatic rings. The van der Waals surface area contributed by atoms with Gasteiger partial charge in [-0.25, -0.2) is 0 Å². The molecule has 1 fully saturated rings. The summed E-state index contributed by atoms with van der Waals surface area (Å²) in [6, 6.07) is 7.14. The van der Waals surface area contributed by atoms with E-state index < -0.39 is 11.4 Å². The van der Waals surface area contributed by atoms with Crippen LogP contribution in [0, 0.1) is 5.92 Å². The lowest BCUT2D eigenvalue weighted by molar-refractivity contribution is -0.147. The highest BCUT2D eigenvalue weighted by molar-refractivity contribution is 6.30. The molecule has 2 amide bonds. The van der Waals surface area contributed by atoms with Crippen molar-refractivity contribution in [1.82, 2.24) is 9.80 Å². The van der Waals surface area contributed by atoms with Crippen LogP contribution < -0.4 is 0 Å². The lowest BCUT2D eigenvalue weighted by atomic mass is 9.83. The predicted octanol–water partition coefficient (Wildman–Crippen LogP) is 2.40. The number of halogens is 1. The van der Waals surface area contributed by atoms with Crippen molar-refractivity contribution in [2.24, 2.45) is 5.92 Å². The summed E-state index contributed by atoms with van der Waals surface area (Å²) in [5.41, 5.74) is -0.0208. The van der Waals surface area contributed by atoms with Crippen molar-refractivity contribution in [3.63, 3.8) is 0 Å². The minimum Gasteiger partial charge on any atom is -0.481 e. The Labute approximate surface area is 158 Å². The quantitative estimate of drug-likeness (QED) is 0.850. The van der Waals surface area contributed by atoms with Gasteiger partial charge in [0.1, 0.15) is 0 Å². The molecule has 7 heteroatoms. The highest BCUT2D eigenvalue weighted by Crippen LogP contribution is 2.27. The molecule has 0 unspecified atom stereocenters. The van der Waals surface area contributed by atoms with E-state index in [4.69, 9.17) is 16.7 Å². The molecule has 1 aliphatic heterocycles. The summed E-state index contributed by atoms with van der Waals surface area (Å²) in [6.45, 7) is 4.41. The van der Waals surface area contributed by atoms with Gasteiger partial charge in [-0.05, 0) is 44.4 Å². The van der Waals surface area contributed by atoms with Gasteiger partial charge in [-0.3, -0.25) is 14.4 Å². The molecule has 2 rings (SSSR count). The third-order valence-corrected chi connectivity index (χ3v) is 5.23. The number of likely N-dealkylation sites (tertiary alicyclic amines) is 1. The van der Waals surface area contributed by atoms with Crippen LogP contribution in [0.15, 0.2) is 24.3 Å². The zero-order valence-electron chi connectivity index (χ0n) is 15.4. The maximum Gasteiger partial charge on any atom is 0.306 e. The number of hydrogen-bond donors (Lipinski definition) is 1. The van der Waals surface area contributed by atoms with Crippen molar-refractivity contribution in [3.05, 3.63) is 34.9 Å². The first-order chi connectivity index (χ1) is 12.1. The highest BCUT2D eigenvalue weighted by atomic mass is 35.5. The van der Waals surface area contributed by atoms with Gasteiger partial charge >= 0.3 is 5.97 Å². The van der Waals surface area contributed by atoms with Crippen LogP contribution in [0.4, 0.5) is 0 Å². The van der Waals surface area contributed by atoms with Gasteiger partial charge in [0.15, 0.2) is 0 Å². The Morgan fingerprint density at radius 2 is 1.88 bits per heavy atom. The van der Waals surface area contributed by atoms with Gasteiger partial charge in [-0.1, -0.05) is 23.7 Å². The average molecular weight is 381 g/mol. The summed E-state index contributed by atoms with van der Waals surface area (Å²) < 4.78 is 0. The molecule has 26 heavy (non-hydrogen) atoms. The molecule has 1 aromatic carbocycles. The summed E-state index contributed by atoms with van der Waals surface area (Å²) >= 11 is 6.03. The summed E-state index contributed by atoms with van der Waals surface area (Å²) in [6.07, 6.45) is 0.902. The maximum absolute atomic E-state index is 12.9. The highest BCUT2D eigenvalue weighted by Gasteiger charge is 2.34. The van der Waals surface area contributed by atoms with Crippen LogP contribution >= 0.6 is 11.6 Å². The standard InChI is InChI=1S/C19H25ClN2O4/c1-19(2,14-5-4-6-15(20)11-14)18(26)21(3)12-16(23)22-9-7-13(8-10-22)17(24)25/h4-6,11,13H,7-10,12H2,1-3H3,(H,24,25). The monoisotopic (exact) mass is 380 g/mol. The first-order valence-electron chi connectivity index (χ1n) is 8.65. The van der Waals surface area contributed by atoms with Gasteiger partial charge in [0.25, 0.3) is 0 Å². The number of aliphatic carboxylic acids is 1. The number of amides is 2. The first-order valence-corrected chi connectivity index (χ1v) is 9.03. The molecule has 0 radical (unpaired) electrons. The van der Waals surface area contributed by atoms with Gasteiger partial charge in [-0.15, -0.1) is 0 Å². The van der Waals surface area contributed by atoms with Crippen LogP contribution in [0.2, 0.25) is 5.02 Å². The summed E-state index contributed by atoms with van der Waals surface area (Å²) in [4.78, 5) is 39.4. The van der Waals surface area contributed by atoms with E-state index in [0.717, 1.165) is 5.56 Å². The van der Waals surface area contributed by atoms with Crippen LogP contribution in [0.5, 0.6) is 0 Å². The number of benzene rings is 1.